The summed E-state index contributed by atoms with van der Waals surface area (Å²) in [6.07, 6.45) is 9.58. The molecule has 23 heavy (non-hydrogen) atoms. The first kappa shape index (κ1) is 17.2. The van der Waals surface area contributed by atoms with Crippen LogP contribution < -0.4 is 15.1 Å². The smallest absolute Gasteiger partial charge is 0.278 e. The molecule has 2 saturated heterocycles. The molecular weight excluding hydrogens is 290 g/mol. The van der Waals surface area contributed by atoms with Gasteiger partial charge in [-0.05, 0) is 45.4 Å². The third-order valence-corrected chi connectivity index (χ3v) is 6.25. The molecular formula is C18H35N3O2+2. The first-order valence-corrected chi connectivity index (χ1v) is 9.82. The van der Waals surface area contributed by atoms with Gasteiger partial charge in [0, 0.05) is 13.2 Å². The Hall–Kier alpha value is -0.650. The van der Waals surface area contributed by atoms with Gasteiger partial charge in [-0.2, -0.15) is 0 Å². The van der Waals surface area contributed by atoms with Crippen molar-refractivity contribution in [3.8, 4) is 0 Å². The molecule has 0 aromatic carbocycles. The van der Waals surface area contributed by atoms with Crippen LogP contribution in [-0.2, 0) is 9.53 Å². The first-order valence-electron chi connectivity index (χ1n) is 9.82. The van der Waals surface area contributed by atoms with Crippen molar-refractivity contribution in [1.29, 1.82) is 0 Å². The molecule has 0 bridgehead atoms. The van der Waals surface area contributed by atoms with E-state index >= 15 is 0 Å². The van der Waals surface area contributed by atoms with Crippen molar-refractivity contribution in [1.82, 2.24) is 5.32 Å². The number of amides is 1. The van der Waals surface area contributed by atoms with Gasteiger partial charge in [-0.15, -0.1) is 0 Å². The zero-order chi connectivity index (χ0) is 16.1. The van der Waals surface area contributed by atoms with Crippen LogP contribution in [0.2, 0.25) is 0 Å². The molecule has 0 unspecified atom stereocenters. The summed E-state index contributed by atoms with van der Waals surface area (Å²) in [4.78, 5) is 15.7. The summed E-state index contributed by atoms with van der Waals surface area (Å²) < 4.78 is 5.58. The predicted molar refractivity (Wildman–Crippen MR) is 89.7 cm³/mol. The number of quaternary nitrogens is 2. The third-order valence-electron chi connectivity index (χ3n) is 6.25. The molecule has 1 saturated carbocycles. The lowest BCUT2D eigenvalue weighted by molar-refractivity contribution is -1.03. The fraction of sp³-hybridized carbons (Fsp3) is 0.944. The van der Waals surface area contributed by atoms with Crippen molar-refractivity contribution in [2.24, 2.45) is 0 Å². The molecule has 132 valence electrons. The molecule has 0 spiro atoms. The van der Waals surface area contributed by atoms with Gasteiger partial charge in [0.25, 0.3) is 5.91 Å². The molecule has 0 aromatic rings. The Morgan fingerprint density at radius 1 is 1.09 bits per heavy atom. The van der Waals surface area contributed by atoms with Gasteiger partial charge < -0.3 is 19.9 Å². The van der Waals surface area contributed by atoms with E-state index in [0.717, 1.165) is 38.6 Å². The van der Waals surface area contributed by atoms with Crippen molar-refractivity contribution in [2.75, 3.05) is 39.3 Å². The third kappa shape index (κ3) is 4.68. The van der Waals surface area contributed by atoms with Gasteiger partial charge in [-0.1, -0.05) is 6.42 Å². The maximum absolute atomic E-state index is 12.4. The molecule has 2 atom stereocenters. The average Bonchev–Trinajstić information content (AvgIpc) is 3.13. The minimum atomic E-state index is 0.0734. The van der Waals surface area contributed by atoms with Crippen LogP contribution in [0.3, 0.4) is 0 Å². The van der Waals surface area contributed by atoms with Crippen LogP contribution in [0.5, 0.6) is 0 Å². The van der Waals surface area contributed by atoms with E-state index in [1.165, 1.54) is 50.1 Å². The summed E-state index contributed by atoms with van der Waals surface area (Å²) >= 11 is 0. The number of ether oxygens (including phenoxy) is 1. The lowest BCUT2D eigenvalue weighted by Crippen LogP contribution is -3.31. The maximum Gasteiger partial charge on any atom is 0.278 e. The van der Waals surface area contributed by atoms with E-state index in [9.17, 15) is 4.79 Å². The zero-order valence-corrected chi connectivity index (χ0v) is 14.7. The van der Waals surface area contributed by atoms with Crippen LogP contribution in [0.15, 0.2) is 0 Å². The lowest BCUT2D eigenvalue weighted by Gasteiger charge is -2.37. The highest BCUT2D eigenvalue weighted by Crippen LogP contribution is 2.15. The Labute approximate surface area is 140 Å². The average molecular weight is 325 g/mol. The molecule has 3 fully saturated rings. The molecule has 0 radical (unpaired) electrons. The SMILES string of the molecule is C[C@H](C(=O)NC[C@@H]1CCCO1)[NH+]1CC[NH+](C2CCCCC2)CC1. The second-order valence-corrected chi connectivity index (χ2v) is 7.75. The van der Waals surface area contributed by atoms with Crippen LogP contribution in [0.25, 0.3) is 0 Å². The second-order valence-electron chi connectivity index (χ2n) is 7.75. The molecule has 3 aliphatic rings. The Morgan fingerprint density at radius 2 is 1.83 bits per heavy atom. The van der Waals surface area contributed by atoms with E-state index in [0.29, 0.717) is 6.54 Å². The van der Waals surface area contributed by atoms with Gasteiger partial charge in [-0.25, -0.2) is 0 Å². The predicted octanol–water partition coefficient (Wildman–Crippen LogP) is -1.21. The molecule has 5 heteroatoms. The van der Waals surface area contributed by atoms with Gasteiger partial charge in [0.15, 0.2) is 6.04 Å². The van der Waals surface area contributed by atoms with Crippen LogP contribution >= 0.6 is 0 Å². The molecule has 1 aliphatic carbocycles. The number of rotatable bonds is 5. The van der Waals surface area contributed by atoms with Crippen molar-refractivity contribution in [3.05, 3.63) is 0 Å². The number of hydrogen-bond donors (Lipinski definition) is 3. The Morgan fingerprint density at radius 3 is 2.48 bits per heavy atom. The topological polar surface area (TPSA) is 47.2 Å². The van der Waals surface area contributed by atoms with Gasteiger partial charge >= 0.3 is 0 Å². The Balaban J connectivity index is 1.38. The largest absolute Gasteiger partial charge is 0.376 e. The highest BCUT2D eigenvalue weighted by Gasteiger charge is 2.34. The van der Waals surface area contributed by atoms with Gasteiger partial charge in [0.2, 0.25) is 0 Å². The standard InChI is InChI=1S/C18H33N3O2/c1-15(18(22)19-14-17-8-5-13-23-17)20-9-11-21(12-10-20)16-6-3-2-4-7-16/h15-17H,2-14H2,1H3,(H,19,22)/p+2/t15-,17+/m1/s1. The fourth-order valence-electron chi connectivity index (χ4n) is 4.60. The molecule has 1 amide bonds. The van der Waals surface area contributed by atoms with Crippen LogP contribution in [0, 0.1) is 0 Å². The van der Waals surface area contributed by atoms with Crippen molar-refractivity contribution in [2.45, 2.75) is 70.1 Å². The summed E-state index contributed by atoms with van der Waals surface area (Å²) in [7, 11) is 0. The molecule has 2 heterocycles. The van der Waals surface area contributed by atoms with E-state index in [-0.39, 0.29) is 18.1 Å². The summed E-state index contributed by atoms with van der Waals surface area (Å²) in [6.45, 7) is 8.39. The van der Waals surface area contributed by atoms with Gasteiger partial charge in [-0.3, -0.25) is 4.79 Å². The molecule has 5 nitrogen and oxygen atoms in total. The molecule has 0 aromatic heterocycles. The summed E-state index contributed by atoms with van der Waals surface area (Å²) in [6, 6.07) is 0.971. The highest BCUT2D eigenvalue weighted by atomic mass is 16.5. The van der Waals surface area contributed by atoms with Crippen molar-refractivity contribution in [3.63, 3.8) is 0 Å². The Kier molecular flexibility index (Phi) is 6.31. The zero-order valence-electron chi connectivity index (χ0n) is 14.7. The normalized spacial score (nSPS) is 34.2. The van der Waals surface area contributed by atoms with Gasteiger partial charge in [0.05, 0.1) is 12.1 Å². The van der Waals surface area contributed by atoms with E-state index in [4.69, 9.17) is 4.74 Å². The number of piperazine rings is 1. The minimum Gasteiger partial charge on any atom is -0.376 e. The monoisotopic (exact) mass is 325 g/mol. The van der Waals surface area contributed by atoms with Gasteiger partial charge in [0.1, 0.15) is 26.2 Å². The Bertz CT molecular complexity index is 370. The number of hydrogen-bond acceptors (Lipinski definition) is 2. The van der Waals surface area contributed by atoms with E-state index in [1.807, 2.05) is 0 Å². The fourth-order valence-corrected chi connectivity index (χ4v) is 4.60. The summed E-state index contributed by atoms with van der Waals surface area (Å²) in [5.41, 5.74) is 0. The summed E-state index contributed by atoms with van der Waals surface area (Å²) in [5.74, 6) is 0.205. The van der Waals surface area contributed by atoms with Crippen molar-refractivity contribution >= 4 is 5.91 Å². The van der Waals surface area contributed by atoms with Crippen LogP contribution in [-0.4, -0.2) is 63.4 Å². The first-order chi connectivity index (χ1) is 11.2. The van der Waals surface area contributed by atoms with E-state index < -0.39 is 0 Å². The van der Waals surface area contributed by atoms with E-state index in [1.54, 1.807) is 4.90 Å². The number of carbonyl (C=O) groups is 1. The van der Waals surface area contributed by atoms with Crippen LogP contribution in [0.4, 0.5) is 0 Å². The molecule has 2 aliphatic heterocycles. The maximum atomic E-state index is 12.4. The summed E-state index contributed by atoms with van der Waals surface area (Å²) in [5, 5.41) is 3.10. The minimum absolute atomic E-state index is 0.0734. The lowest BCUT2D eigenvalue weighted by atomic mass is 9.94. The molecule has 3 rings (SSSR count). The highest BCUT2D eigenvalue weighted by molar-refractivity contribution is 5.79. The van der Waals surface area contributed by atoms with Crippen LogP contribution in [0.1, 0.15) is 51.9 Å². The quantitative estimate of drug-likeness (QED) is 0.594. The number of carbonyl (C=O) groups excluding carboxylic acids is 1. The van der Waals surface area contributed by atoms with E-state index in [2.05, 4.69) is 12.2 Å². The second kappa shape index (κ2) is 8.45. The number of nitrogens with one attached hydrogen (secondary N) is 3. The molecule has 3 N–H and O–H groups in total. The van der Waals surface area contributed by atoms with Crippen molar-refractivity contribution < 1.29 is 19.3 Å².